The second-order valence-corrected chi connectivity index (χ2v) is 9.27. The minimum absolute atomic E-state index is 0.0849. The molecule has 0 spiro atoms. The number of ether oxygens (including phenoxy) is 2. The average Bonchev–Trinajstić information content (AvgIpc) is 2.89. The highest BCUT2D eigenvalue weighted by Crippen LogP contribution is 2.23. The Morgan fingerprint density at radius 3 is 1.82 bits per heavy atom. The zero-order valence-electron chi connectivity index (χ0n) is 18.0. The van der Waals surface area contributed by atoms with Gasteiger partial charge in [0, 0.05) is 0 Å². The Kier molecular flexibility index (Phi) is 6.85. The highest BCUT2D eigenvalue weighted by molar-refractivity contribution is 7.91. The first kappa shape index (κ1) is 22.9. The lowest BCUT2D eigenvalue weighted by atomic mass is 10.1. The van der Waals surface area contributed by atoms with Crippen molar-refractivity contribution in [3.05, 3.63) is 126 Å². The van der Waals surface area contributed by atoms with Gasteiger partial charge in [0.1, 0.15) is 12.4 Å². The second-order valence-electron chi connectivity index (χ2n) is 7.32. The molecule has 0 amide bonds. The Hall–Kier alpha value is -4.23. The monoisotopic (exact) mass is 472 g/mol. The van der Waals surface area contributed by atoms with Crippen molar-refractivity contribution in [1.29, 1.82) is 0 Å². The summed E-state index contributed by atoms with van der Waals surface area (Å²) >= 11 is 0. The van der Waals surface area contributed by atoms with Gasteiger partial charge in [0.25, 0.3) is 0 Å². The van der Waals surface area contributed by atoms with Gasteiger partial charge >= 0.3 is 11.9 Å². The third-order valence-corrected chi connectivity index (χ3v) is 6.73. The molecule has 0 saturated carbocycles. The van der Waals surface area contributed by atoms with Crippen LogP contribution in [-0.4, -0.2) is 20.4 Å². The maximum Gasteiger partial charge on any atom is 0.343 e. The van der Waals surface area contributed by atoms with E-state index in [1.165, 1.54) is 48.5 Å². The predicted octanol–water partition coefficient (Wildman–Crippen LogP) is 5.10. The van der Waals surface area contributed by atoms with Crippen molar-refractivity contribution in [2.24, 2.45) is 0 Å². The van der Waals surface area contributed by atoms with E-state index in [9.17, 15) is 18.0 Å². The lowest BCUT2D eigenvalue weighted by Gasteiger charge is -2.08. The summed E-state index contributed by atoms with van der Waals surface area (Å²) in [4.78, 5) is 25.2. The standard InChI is InChI=1S/C27H20O6S/c28-26(32-19-20-8-3-1-4-9-20)21-10-7-11-22(18-21)27(29)33-23-14-16-25(17-15-23)34(30,31)24-12-5-2-6-13-24/h1-18H,19H2. The minimum atomic E-state index is -3.67. The summed E-state index contributed by atoms with van der Waals surface area (Å²) in [6.45, 7) is 0.118. The summed E-state index contributed by atoms with van der Waals surface area (Å²) in [6, 6.07) is 28.9. The third kappa shape index (κ3) is 5.39. The van der Waals surface area contributed by atoms with E-state index in [0.717, 1.165) is 5.56 Å². The molecule has 0 aliphatic rings. The molecule has 6 nitrogen and oxygen atoms in total. The zero-order chi connectivity index (χ0) is 24.0. The first-order valence-corrected chi connectivity index (χ1v) is 11.9. The van der Waals surface area contributed by atoms with E-state index in [1.807, 2.05) is 30.3 Å². The number of carbonyl (C=O) groups is 2. The van der Waals surface area contributed by atoms with Gasteiger partial charge in [-0.05, 0) is 60.2 Å². The first-order valence-electron chi connectivity index (χ1n) is 10.4. The molecule has 0 aromatic heterocycles. The lowest BCUT2D eigenvalue weighted by molar-refractivity contribution is 0.0472. The third-order valence-electron chi connectivity index (χ3n) is 4.94. The fourth-order valence-corrected chi connectivity index (χ4v) is 4.45. The van der Waals surface area contributed by atoms with Crippen molar-refractivity contribution in [1.82, 2.24) is 0 Å². The van der Waals surface area contributed by atoms with Crippen LogP contribution in [0, 0.1) is 0 Å². The Labute approximate surface area is 197 Å². The summed E-state index contributed by atoms with van der Waals surface area (Å²) in [7, 11) is -3.67. The number of hydrogen-bond donors (Lipinski definition) is 0. The van der Waals surface area contributed by atoms with Crippen molar-refractivity contribution in [2.75, 3.05) is 0 Å². The molecule has 4 aromatic carbocycles. The number of carbonyl (C=O) groups excluding carboxylic acids is 2. The maximum atomic E-state index is 12.7. The second kappa shape index (κ2) is 10.1. The molecular formula is C27H20O6S. The SMILES string of the molecule is O=C(OCc1ccccc1)c1cccc(C(=O)Oc2ccc(S(=O)(=O)c3ccccc3)cc2)c1. The quantitative estimate of drug-likeness (QED) is 0.275. The van der Waals surface area contributed by atoms with Crippen molar-refractivity contribution >= 4 is 21.8 Å². The van der Waals surface area contributed by atoms with Crippen molar-refractivity contribution in [2.45, 2.75) is 16.4 Å². The van der Waals surface area contributed by atoms with E-state index in [1.54, 1.807) is 30.3 Å². The molecule has 34 heavy (non-hydrogen) atoms. The largest absolute Gasteiger partial charge is 0.457 e. The van der Waals surface area contributed by atoms with Crippen molar-refractivity contribution < 1.29 is 27.5 Å². The fourth-order valence-electron chi connectivity index (χ4n) is 3.17. The van der Waals surface area contributed by atoms with Crippen LogP contribution in [0.25, 0.3) is 0 Å². The Balaban J connectivity index is 1.42. The van der Waals surface area contributed by atoms with E-state index in [-0.39, 0.29) is 33.3 Å². The van der Waals surface area contributed by atoms with Crippen LogP contribution in [0.5, 0.6) is 5.75 Å². The number of rotatable bonds is 7. The molecule has 4 aromatic rings. The molecule has 4 rings (SSSR count). The lowest BCUT2D eigenvalue weighted by Crippen LogP contribution is -2.11. The van der Waals surface area contributed by atoms with Crippen LogP contribution in [0.15, 0.2) is 119 Å². The Bertz CT molecular complexity index is 1400. The van der Waals surface area contributed by atoms with Crippen LogP contribution < -0.4 is 4.74 Å². The van der Waals surface area contributed by atoms with Gasteiger partial charge in [-0.2, -0.15) is 0 Å². The molecule has 0 heterocycles. The summed E-state index contributed by atoms with van der Waals surface area (Å²) in [5.74, 6) is -1.07. The summed E-state index contributed by atoms with van der Waals surface area (Å²) in [5, 5.41) is 0. The van der Waals surface area contributed by atoms with Crippen LogP contribution in [0.3, 0.4) is 0 Å². The molecule has 0 bridgehead atoms. The van der Waals surface area contributed by atoms with Crippen molar-refractivity contribution in [3.63, 3.8) is 0 Å². The fraction of sp³-hybridized carbons (Fsp3) is 0.0370. The van der Waals surface area contributed by atoms with Crippen LogP contribution >= 0.6 is 0 Å². The van der Waals surface area contributed by atoms with E-state index >= 15 is 0 Å². The molecule has 7 heteroatoms. The molecule has 0 N–H and O–H groups in total. The summed E-state index contributed by atoms with van der Waals surface area (Å²) in [6.07, 6.45) is 0. The van der Waals surface area contributed by atoms with Gasteiger partial charge in [-0.1, -0.05) is 54.6 Å². The van der Waals surface area contributed by atoms with E-state index in [2.05, 4.69) is 0 Å². The van der Waals surface area contributed by atoms with Gasteiger partial charge in [-0.25, -0.2) is 18.0 Å². The van der Waals surface area contributed by atoms with E-state index in [4.69, 9.17) is 9.47 Å². The molecule has 0 fully saturated rings. The molecule has 0 radical (unpaired) electrons. The normalized spacial score (nSPS) is 10.9. The molecule has 0 aliphatic heterocycles. The number of benzene rings is 4. The Morgan fingerprint density at radius 2 is 1.18 bits per heavy atom. The minimum Gasteiger partial charge on any atom is -0.457 e. The van der Waals surface area contributed by atoms with Gasteiger partial charge in [-0.3, -0.25) is 0 Å². The zero-order valence-corrected chi connectivity index (χ0v) is 18.8. The highest BCUT2D eigenvalue weighted by atomic mass is 32.2. The number of sulfone groups is 1. The van der Waals surface area contributed by atoms with Gasteiger partial charge in [0.2, 0.25) is 9.84 Å². The maximum absolute atomic E-state index is 12.7. The topological polar surface area (TPSA) is 86.7 Å². The van der Waals surface area contributed by atoms with E-state index in [0.29, 0.717) is 0 Å². The molecule has 0 unspecified atom stereocenters. The van der Waals surface area contributed by atoms with Crippen LogP contribution in [0.4, 0.5) is 0 Å². The first-order chi connectivity index (χ1) is 16.4. The van der Waals surface area contributed by atoms with Gasteiger partial charge in [0.15, 0.2) is 0 Å². The molecular weight excluding hydrogens is 452 g/mol. The van der Waals surface area contributed by atoms with Gasteiger partial charge in [-0.15, -0.1) is 0 Å². The molecule has 0 saturated heterocycles. The average molecular weight is 473 g/mol. The van der Waals surface area contributed by atoms with E-state index < -0.39 is 21.8 Å². The van der Waals surface area contributed by atoms with Crippen LogP contribution in [0.1, 0.15) is 26.3 Å². The van der Waals surface area contributed by atoms with Crippen LogP contribution in [0.2, 0.25) is 0 Å². The van der Waals surface area contributed by atoms with Crippen LogP contribution in [-0.2, 0) is 21.2 Å². The molecule has 170 valence electrons. The summed E-state index contributed by atoms with van der Waals surface area (Å²) < 4.78 is 36.0. The van der Waals surface area contributed by atoms with Gasteiger partial charge in [0.05, 0.1) is 20.9 Å². The number of hydrogen-bond acceptors (Lipinski definition) is 6. The van der Waals surface area contributed by atoms with Gasteiger partial charge < -0.3 is 9.47 Å². The highest BCUT2D eigenvalue weighted by Gasteiger charge is 2.18. The molecule has 0 atom stereocenters. The molecule has 0 aliphatic carbocycles. The predicted molar refractivity (Wildman–Crippen MR) is 125 cm³/mol. The smallest absolute Gasteiger partial charge is 0.343 e. The summed E-state index contributed by atoms with van der Waals surface area (Å²) in [5.41, 5.74) is 1.23. The Morgan fingerprint density at radius 1 is 0.618 bits per heavy atom. The van der Waals surface area contributed by atoms with Crippen molar-refractivity contribution in [3.8, 4) is 5.75 Å². The number of esters is 2.